The largest absolute Gasteiger partial charge is 0.297 e. The smallest absolute Gasteiger partial charge is 0.186 e. The van der Waals surface area contributed by atoms with Crippen molar-refractivity contribution in [3.8, 4) is 0 Å². The Bertz CT molecular complexity index is 1190. The molecule has 5 heteroatoms. The number of aromatic nitrogens is 1. The third kappa shape index (κ3) is 2.71. The fourth-order valence-corrected chi connectivity index (χ4v) is 5.31. The second-order valence-corrected chi connectivity index (χ2v) is 8.38. The van der Waals surface area contributed by atoms with E-state index in [9.17, 15) is 4.79 Å². The van der Waals surface area contributed by atoms with Crippen LogP contribution in [0.15, 0.2) is 71.1 Å². The third-order valence-electron chi connectivity index (χ3n) is 4.77. The van der Waals surface area contributed by atoms with E-state index < -0.39 is 5.92 Å². The van der Waals surface area contributed by atoms with Crippen LogP contribution in [-0.2, 0) is 4.79 Å². The zero-order chi connectivity index (χ0) is 18.4. The van der Waals surface area contributed by atoms with Gasteiger partial charge in [-0.2, -0.15) is 0 Å². The van der Waals surface area contributed by atoms with Gasteiger partial charge in [-0.05, 0) is 39.3 Å². The van der Waals surface area contributed by atoms with Gasteiger partial charge in [0.05, 0.1) is 9.95 Å². The zero-order valence-electron chi connectivity index (χ0n) is 14.2. The van der Waals surface area contributed by atoms with Crippen LogP contribution in [0.2, 0.25) is 0 Å². The molecule has 130 valence electrons. The third-order valence-corrected chi connectivity index (χ3v) is 6.61. The molecule has 1 fully saturated rings. The molecule has 2 heterocycles. The van der Waals surface area contributed by atoms with Gasteiger partial charge in [0.2, 0.25) is 0 Å². The number of hydrogen-bond donors (Lipinski definition) is 1. The number of allylic oxidation sites excluding steroid dienone is 1. The number of thiazole rings is 1. The second-order valence-electron chi connectivity index (χ2n) is 6.38. The lowest BCUT2D eigenvalue weighted by Crippen LogP contribution is -2.11. The quantitative estimate of drug-likeness (QED) is 0.346. The number of hydrogen-bond acceptors (Lipinski definition) is 5. The average Bonchev–Trinajstić information content (AvgIpc) is 3.29. The van der Waals surface area contributed by atoms with Crippen LogP contribution in [0.1, 0.15) is 16.5 Å². The van der Waals surface area contributed by atoms with E-state index in [4.69, 9.17) is 5.41 Å². The molecule has 4 aromatic rings. The summed E-state index contributed by atoms with van der Waals surface area (Å²) in [5, 5.41) is 15.7. The molecule has 1 atom stereocenters. The lowest BCUT2D eigenvalue weighted by atomic mass is 9.95. The number of ketones is 1. The SMILES string of the molecule is N=C1S/C(=C\c2c3ccccc3cc3ccccc23)C(=O)[C@H]1c1nccs1. The Balaban J connectivity index is 1.72. The highest BCUT2D eigenvalue weighted by molar-refractivity contribution is 8.19. The summed E-state index contributed by atoms with van der Waals surface area (Å²) in [7, 11) is 0. The molecule has 0 spiro atoms. The van der Waals surface area contributed by atoms with Gasteiger partial charge in [-0.3, -0.25) is 10.2 Å². The molecule has 0 amide bonds. The summed E-state index contributed by atoms with van der Waals surface area (Å²) in [4.78, 5) is 17.9. The van der Waals surface area contributed by atoms with Gasteiger partial charge in [0.1, 0.15) is 10.9 Å². The van der Waals surface area contributed by atoms with Crippen molar-refractivity contribution < 1.29 is 4.79 Å². The van der Waals surface area contributed by atoms with Crippen molar-refractivity contribution in [2.75, 3.05) is 0 Å². The molecule has 1 aliphatic heterocycles. The minimum Gasteiger partial charge on any atom is -0.297 e. The van der Waals surface area contributed by atoms with E-state index in [-0.39, 0.29) is 5.78 Å². The number of rotatable bonds is 2. The molecule has 1 saturated heterocycles. The number of nitrogens with zero attached hydrogens (tertiary/aromatic N) is 1. The summed E-state index contributed by atoms with van der Waals surface area (Å²) < 4.78 is 0. The Morgan fingerprint density at radius 3 is 2.30 bits per heavy atom. The number of carbonyl (C=O) groups excluding carboxylic acids is 1. The molecule has 27 heavy (non-hydrogen) atoms. The number of fused-ring (bicyclic) bond motifs is 2. The highest BCUT2D eigenvalue weighted by Crippen LogP contribution is 2.42. The molecule has 0 unspecified atom stereocenters. The Morgan fingerprint density at radius 1 is 1.00 bits per heavy atom. The molecule has 3 aromatic carbocycles. The molecule has 1 aliphatic rings. The lowest BCUT2D eigenvalue weighted by Gasteiger charge is -2.09. The van der Waals surface area contributed by atoms with Crippen LogP contribution in [0.5, 0.6) is 0 Å². The van der Waals surface area contributed by atoms with Crippen LogP contribution in [0.3, 0.4) is 0 Å². The first-order chi connectivity index (χ1) is 13.2. The van der Waals surface area contributed by atoms with Gasteiger partial charge >= 0.3 is 0 Å². The van der Waals surface area contributed by atoms with E-state index in [0.29, 0.717) is 15.0 Å². The molecule has 0 aliphatic carbocycles. The maximum Gasteiger partial charge on any atom is 0.186 e. The van der Waals surface area contributed by atoms with Crippen LogP contribution in [0.4, 0.5) is 0 Å². The van der Waals surface area contributed by atoms with Crippen LogP contribution in [-0.4, -0.2) is 15.8 Å². The highest BCUT2D eigenvalue weighted by Gasteiger charge is 2.38. The predicted molar refractivity (Wildman–Crippen MR) is 115 cm³/mol. The van der Waals surface area contributed by atoms with Gasteiger partial charge in [0.15, 0.2) is 5.78 Å². The van der Waals surface area contributed by atoms with Gasteiger partial charge in [-0.1, -0.05) is 60.3 Å². The fraction of sp³-hybridized carbons (Fsp3) is 0.0455. The first kappa shape index (κ1) is 16.4. The van der Waals surface area contributed by atoms with E-state index in [0.717, 1.165) is 27.1 Å². The number of benzene rings is 3. The first-order valence-electron chi connectivity index (χ1n) is 8.54. The maximum atomic E-state index is 13.0. The molecule has 3 nitrogen and oxygen atoms in total. The summed E-state index contributed by atoms with van der Waals surface area (Å²) in [6, 6.07) is 18.6. The Morgan fingerprint density at radius 2 is 1.67 bits per heavy atom. The minimum atomic E-state index is -0.553. The summed E-state index contributed by atoms with van der Waals surface area (Å²) in [5.74, 6) is -0.584. The standard InChI is InChI=1S/C22H14N2OS2/c23-21-19(22-24-9-10-26-22)20(25)18(27-21)12-17-15-7-3-1-5-13(15)11-14-6-2-4-8-16(14)17/h1-12,19,23H/b18-12-,23-21?/t19-/m1/s1. The van der Waals surface area contributed by atoms with Gasteiger partial charge < -0.3 is 0 Å². The summed E-state index contributed by atoms with van der Waals surface area (Å²) in [6.45, 7) is 0. The molecule has 1 N–H and O–H groups in total. The van der Waals surface area contributed by atoms with Crippen molar-refractivity contribution in [3.05, 3.63) is 81.7 Å². The van der Waals surface area contributed by atoms with Crippen molar-refractivity contribution in [3.63, 3.8) is 0 Å². The maximum absolute atomic E-state index is 13.0. The Hall–Kier alpha value is -2.76. The van der Waals surface area contributed by atoms with Crippen molar-refractivity contribution >= 4 is 61.5 Å². The summed E-state index contributed by atoms with van der Waals surface area (Å²) in [6.07, 6.45) is 3.64. The number of Topliss-reactive ketones (excluding diaryl/α,β-unsaturated/α-hetero) is 1. The Kier molecular flexibility index (Phi) is 3.92. The molecule has 0 bridgehead atoms. The zero-order valence-corrected chi connectivity index (χ0v) is 15.8. The van der Waals surface area contributed by atoms with Gasteiger partial charge in [0.25, 0.3) is 0 Å². The van der Waals surface area contributed by atoms with Crippen LogP contribution in [0, 0.1) is 5.41 Å². The van der Waals surface area contributed by atoms with Gasteiger partial charge in [0, 0.05) is 11.6 Å². The van der Waals surface area contributed by atoms with Gasteiger partial charge in [-0.25, -0.2) is 4.98 Å². The minimum absolute atomic E-state index is 0.0306. The fourth-order valence-electron chi connectivity index (χ4n) is 3.53. The van der Waals surface area contributed by atoms with E-state index in [1.807, 2.05) is 35.7 Å². The monoisotopic (exact) mass is 386 g/mol. The molecular formula is C22H14N2OS2. The van der Waals surface area contributed by atoms with E-state index in [1.165, 1.54) is 23.1 Å². The van der Waals surface area contributed by atoms with E-state index >= 15 is 0 Å². The van der Waals surface area contributed by atoms with E-state index in [2.05, 4.69) is 35.3 Å². The van der Waals surface area contributed by atoms with Gasteiger partial charge in [-0.15, -0.1) is 11.3 Å². The van der Waals surface area contributed by atoms with Crippen LogP contribution in [0.25, 0.3) is 27.6 Å². The Labute approximate surface area is 164 Å². The molecule has 0 radical (unpaired) electrons. The van der Waals surface area contributed by atoms with Crippen molar-refractivity contribution in [2.24, 2.45) is 0 Å². The molecule has 0 saturated carbocycles. The van der Waals surface area contributed by atoms with Crippen molar-refractivity contribution in [1.29, 1.82) is 5.41 Å². The molecule has 5 rings (SSSR count). The normalized spacial score (nSPS) is 18.8. The number of thioether (sulfide) groups is 1. The topological polar surface area (TPSA) is 53.8 Å². The van der Waals surface area contributed by atoms with Crippen molar-refractivity contribution in [2.45, 2.75) is 5.92 Å². The average molecular weight is 387 g/mol. The summed E-state index contributed by atoms with van der Waals surface area (Å²) >= 11 is 2.68. The molecule has 1 aromatic heterocycles. The molecular weight excluding hydrogens is 372 g/mol. The predicted octanol–water partition coefficient (Wildman–Crippen LogP) is 5.87. The summed E-state index contributed by atoms with van der Waals surface area (Å²) in [5.41, 5.74) is 1.03. The van der Waals surface area contributed by atoms with Crippen LogP contribution < -0.4 is 0 Å². The second kappa shape index (κ2) is 6.44. The lowest BCUT2D eigenvalue weighted by molar-refractivity contribution is -0.114. The number of carbonyl (C=O) groups is 1. The number of nitrogens with one attached hydrogen (secondary N) is 1. The van der Waals surface area contributed by atoms with Crippen LogP contribution >= 0.6 is 23.1 Å². The first-order valence-corrected chi connectivity index (χ1v) is 10.2. The van der Waals surface area contributed by atoms with E-state index in [1.54, 1.807) is 6.20 Å². The highest BCUT2D eigenvalue weighted by atomic mass is 32.2. The van der Waals surface area contributed by atoms with Crippen molar-refractivity contribution in [1.82, 2.24) is 4.98 Å².